The van der Waals surface area contributed by atoms with Crippen LogP contribution in [-0.4, -0.2) is 11.1 Å². The molecule has 0 saturated heterocycles. The van der Waals surface area contributed by atoms with Crippen molar-refractivity contribution >= 4 is 5.69 Å². The van der Waals surface area contributed by atoms with Gasteiger partial charge in [0.2, 0.25) is 0 Å². The lowest BCUT2D eigenvalue weighted by atomic mass is 10.1. The molecule has 1 aromatic rings. The van der Waals surface area contributed by atoms with E-state index < -0.39 is 0 Å². The number of benzene rings is 1. The molecule has 0 heterocycles. The Morgan fingerprint density at radius 3 is 2.94 bits per heavy atom. The average molecular weight is 219 g/mol. The minimum atomic E-state index is 0.123. The zero-order chi connectivity index (χ0) is 11.4. The van der Waals surface area contributed by atoms with E-state index in [0.29, 0.717) is 6.04 Å². The van der Waals surface area contributed by atoms with Crippen LogP contribution in [0.1, 0.15) is 38.2 Å². The van der Waals surface area contributed by atoms with Crippen LogP contribution in [0.25, 0.3) is 0 Å². The smallest absolute Gasteiger partial charge is 0.0682 e. The van der Waals surface area contributed by atoms with Crippen molar-refractivity contribution in [2.45, 2.75) is 45.3 Å². The monoisotopic (exact) mass is 219 g/mol. The highest BCUT2D eigenvalue weighted by Crippen LogP contribution is 2.30. The van der Waals surface area contributed by atoms with E-state index in [-0.39, 0.29) is 6.61 Å². The van der Waals surface area contributed by atoms with E-state index in [9.17, 15) is 0 Å². The molecule has 1 aliphatic rings. The molecule has 2 N–H and O–H groups in total. The normalized spacial score (nSPS) is 24.6. The number of hydrogen-bond donors (Lipinski definition) is 2. The molecular formula is C14H21NO. The van der Waals surface area contributed by atoms with Gasteiger partial charge in [-0.2, -0.15) is 0 Å². The highest BCUT2D eigenvalue weighted by Gasteiger charge is 2.22. The summed E-state index contributed by atoms with van der Waals surface area (Å²) in [5.74, 6) is 0.901. The van der Waals surface area contributed by atoms with E-state index in [1.54, 1.807) is 0 Å². The van der Waals surface area contributed by atoms with Crippen LogP contribution in [0.2, 0.25) is 0 Å². The minimum absolute atomic E-state index is 0.123. The van der Waals surface area contributed by atoms with Gasteiger partial charge in [0.1, 0.15) is 0 Å². The lowest BCUT2D eigenvalue weighted by molar-refractivity contribution is 0.282. The number of hydrogen-bond acceptors (Lipinski definition) is 2. The summed E-state index contributed by atoms with van der Waals surface area (Å²) in [5.41, 5.74) is 2.13. The molecule has 0 amide bonds. The van der Waals surface area contributed by atoms with Crippen molar-refractivity contribution in [1.29, 1.82) is 0 Å². The number of aliphatic hydroxyl groups excluding tert-OH is 1. The fraction of sp³-hybridized carbons (Fsp3) is 0.571. The van der Waals surface area contributed by atoms with Crippen LogP contribution in [0.5, 0.6) is 0 Å². The summed E-state index contributed by atoms with van der Waals surface area (Å²) >= 11 is 0. The van der Waals surface area contributed by atoms with Gasteiger partial charge < -0.3 is 10.4 Å². The lowest BCUT2D eigenvalue weighted by Crippen LogP contribution is -2.15. The summed E-state index contributed by atoms with van der Waals surface area (Å²) < 4.78 is 0. The van der Waals surface area contributed by atoms with Crippen molar-refractivity contribution in [3.05, 3.63) is 29.8 Å². The lowest BCUT2D eigenvalue weighted by Gasteiger charge is -2.15. The first kappa shape index (κ1) is 11.5. The minimum Gasteiger partial charge on any atom is -0.392 e. The molecule has 16 heavy (non-hydrogen) atoms. The number of rotatable bonds is 4. The molecule has 0 radical (unpaired) electrons. The number of aliphatic hydroxyl groups is 1. The summed E-state index contributed by atoms with van der Waals surface area (Å²) in [4.78, 5) is 0. The molecular weight excluding hydrogens is 198 g/mol. The Hall–Kier alpha value is -1.02. The van der Waals surface area contributed by atoms with Crippen molar-refractivity contribution in [3.8, 4) is 0 Å². The van der Waals surface area contributed by atoms with E-state index in [2.05, 4.69) is 18.3 Å². The van der Waals surface area contributed by atoms with Gasteiger partial charge in [-0.1, -0.05) is 25.5 Å². The molecule has 1 saturated carbocycles. The van der Waals surface area contributed by atoms with Crippen LogP contribution in [0.15, 0.2) is 24.3 Å². The van der Waals surface area contributed by atoms with Crippen LogP contribution in [0, 0.1) is 5.92 Å². The number of anilines is 1. The first-order chi connectivity index (χ1) is 7.81. The van der Waals surface area contributed by atoms with Gasteiger partial charge in [0.25, 0.3) is 0 Å². The van der Waals surface area contributed by atoms with Crippen LogP contribution in [-0.2, 0) is 6.61 Å². The molecule has 1 aliphatic carbocycles. The van der Waals surface area contributed by atoms with Gasteiger partial charge in [-0.3, -0.25) is 0 Å². The second-order valence-corrected chi connectivity index (χ2v) is 4.79. The molecule has 2 unspecified atom stereocenters. The molecule has 1 fully saturated rings. The van der Waals surface area contributed by atoms with Crippen molar-refractivity contribution in [1.82, 2.24) is 0 Å². The van der Waals surface area contributed by atoms with Crippen LogP contribution < -0.4 is 5.32 Å². The zero-order valence-corrected chi connectivity index (χ0v) is 9.95. The maximum atomic E-state index is 9.08. The molecule has 0 aromatic heterocycles. The van der Waals surface area contributed by atoms with Crippen molar-refractivity contribution in [2.75, 3.05) is 5.32 Å². The standard InChI is InChI=1S/C14H21NO/c1-2-11-6-7-14(8-11)15-13-5-3-4-12(9-13)10-16/h3-5,9,11,14-16H,2,6-8,10H2,1H3. The van der Waals surface area contributed by atoms with Gasteiger partial charge in [0, 0.05) is 11.7 Å². The first-order valence-electron chi connectivity index (χ1n) is 6.28. The second-order valence-electron chi connectivity index (χ2n) is 4.79. The topological polar surface area (TPSA) is 32.3 Å². The molecule has 2 heteroatoms. The molecule has 2 rings (SSSR count). The van der Waals surface area contributed by atoms with Gasteiger partial charge in [-0.15, -0.1) is 0 Å². The Balaban J connectivity index is 1.94. The van der Waals surface area contributed by atoms with E-state index in [1.165, 1.54) is 25.7 Å². The van der Waals surface area contributed by atoms with Crippen LogP contribution in [0.4, 0.5) is 5.69 Å². The summed E-state index contributed by atoms with van der Waals surface area (Å²) in [6.45, 7) is 2.40. The largest absolute Gasteiger partial charge is 0.392 e. The molecule has 88 valence electrons. The Morgan fingerprint density at radius 1 is 1.38 bits per heavy atom. The average Bonchev–Trinajstić information content (AvgIpc) is 2.77. The SMILES string of the molecule is CCC1CCC(Nc2cccc(CO)c2)C1. The van der Waals surface area contributed by atoms with Crippen LogP contribution in [0.3, 0.4) is 0 Å². The predicted molar refractivity (Wildman–Crippen MR) is 67.4 cm³/mol. The molecule has 0 aliphatic heterocycles. The van der Waals surface area contributed by atoms with Crippen molar-refractivity contribution in [3.63, 3.8) is 0 Å². The zero-order valence-electron chi connectivity index (χ0n) is 9.95. The van der Waals surface area contributed by atoms with Crippen LogP contribution >= 0.6 is 0 Å². The van der Waals surface area contributed by atoms with E-state index in [0.717, 1.165) is 17.2 Å². The number of nitrogens with one attached hydrogen (secondary N) is 1. The predicted octanol–water partition coefficient (Wildman–Crippen LogP) is 3.17. The highest BCUT2D eigenvalue weighted by atomic mass is 16.3. The highest BCUT2D eigenvalue weighted by molar-refractivity contribution is 5.46. The Morgan fingerprint density at radius 2 is 2.25 bits per heavy atom. The van der Waals surface area contributed by atoms with Gasteiger partial charge in [0.15, 0.2) is 0 Å². The van der Waals surface area contributed by atoms with Crippen molar-refractivity contribution in [2.24, 2.45) is 5.92 Å². The van der Waals surface area contributed by atoms with Gasteiger partial charge in [-0.25, -0.2) is 0 Å². The van der Waals surface area contributed by atoms with Gasteiger partial charge in [0.05, 0.1) is 6.61 Å². The fourth-order valence-electron chi connectivity index (χ4n) is 2.57. The molecule has 2 nitrogen and oxygen atoms in total. The Bertz CT molecular complexity index is 337. The fourth-order valence-corrected chi connectivity index (χ4v) is 2.57. The van der Waals surface area contributed by atoms with E-state index in [4.69, 9.17) is 5.11 Å². The van der Waals surface area contributed by atoms with Gasteiger partial charge in [-0.05, 0) is 42.9 Å². The first-order valence-corrected chi connectivity index (χ1v) is 6.28. The summed E-state index contributed by atoms with van der Waals surface area (Å²) in [7, 11) is 0. The molecule has 0 bridgehead atoms. The third-order valence-electron chi connectivity index (χ3n) is 3.60. The summed E-state index contributed by atoms with van der Waals surface area (Å²) in [6, 6.07) is 8.70. The maximum absolute atomic E-state index is 9.08. The Labute approximate surface area is 97.7 Å². The van der Waals surface area contributed by atoms with Crippen molar-refractivity contribution < 1.29 is 5.11 Å². The summed E-state index contributed by atoms with van der Waals surface area (Å²) in [6.07, 6.45) is 5.23. The van der Waals surface area contributed by atoms with Gasteiger partial charge >= 0.3 is 0 Å². The molecule has 2 atom stereocenters. The summed E-state index contributed by atoms with van der Waals surface area (Å²) in [5, 5.41) is 12.6. The van der Waals surface area contributed by atoms with E-state index >= 15 is 0 Å². The quantitative estimate of drug-likeness (QED) is 0.815. The maximum Gasteiger partial charge on any atom is 0.0682 e. The molecule has 1 aromatic carbocycles. The Kier molecular flexibility index (Phi) is 3.83. The third kappa shape index (κ3) is 2.76. The van der Waals surface area contributed by atoms with E-state index in [1.807, 2.05) is 18.2 Å². The molecule has 0 spiro atoms. The second kappa shape index (κ2) is 5.35. The third-order valence-corrected chi connectivity index (χ3v) is 3.60.